The number of nitrogens with one attached hydrogen (secondary N) is 1. The molecule has 1 amide bonds. The Labute approximate surface area is 101 Å². The predicted molar refractivity (Wildman–Crippen MR) is 58.7 cm³/mol. The van der Waals surface area contributed by atoms with Gasteiger partial charge in [0.05, 0.1) is 24.3 Å². The van der Waals surface area contributed by atoms with E-state index in [1.54, 1.807) is 0 Å². The lowest BCUT2D eigenvalue weighted by atomic mass is 10.2. The number of rotatable bonds is 6. The monoisotopic (exact) mass is 256 g/mol. The van der Waals surface area contributed by atoms with Crippen LogP contribution in [0.3, 0.4) is 0 Å². The molecular weight excluding hydrogens is 244 g/mol. The molecule has 0 aliphatic heterocycles. The number of aromatic nitrogens is 2. The van der Waals surface area contributed by atoms with E-state index in [9.17, 15) is 14.4 Å². The highest BCUT2D eigenvalue weighted by molar-refractivity contribution is 5.96. The number of carboxylic acid groups (broad SMARTS) is 2. The Bertz CT molecular complexity index is 469. The minimum Gasteiger partial charge on any atom is -0.481 e. The Hall–Kier alpha value is -2.42. The maximum atomic E-state index is 11.4. The van der Waals surface area contributed by atoms with Gasteiger partial charge in [-0.05, 0) is 0 Å². The topological polar surface area (TPSA) is 148 Å². The molecule has 0 radical (unpaired) electrons. The van der Waals surface area contributed by atoms with Crippen LogP contribution in [0.15, 0.2) is 12.4 Å². The fourth-order valence-corrected chi connectivity index (χ4v) is 1.17. The van der Waals surface area contributed by atoms with Crippen molar-refractivity contribution in [1.29, 1.82) is 0 Å². The molecule has 0 aliphatic carbocycles. The number of aliphatic carboxylic acids is 2. The molecule has 9 heteroatoms. The molecule has 98 valence electrons. The Morgan fingerprint density at radius 3 is 2.61 bits per heavy atom. The first kappa shape index (κ1) is 13.6. The number of nitrogens with two attached hydrogens (primary N) is 1. The Kier molecular flexibility index (Phi) is 4.38. The van der Waals surface area contributed by atoms with Gasteiger partial charge in [-0.2, -0.15) is 5.10 Å². The third-order valence-corrected chi connectivity index (χ3v) is 1.93. The van der Waals surface area contributed by atoms with Crippen LogP contribution in [0, 0.1) is 0 Å². The summed E-state index contributed by atoms with van der Waals surface area (Å²) >= 11 is 0. The second kappa shape index (κ2) is 5.77. The molecule has 0 aromatic carbocycles. The van der Waals surface area contributed by atoms with Gasteiger partial charge in [-0.15, -0.1) is 0 Å². The van der Waals surface area contributed by atoms with Gasteiger partial charge < -0.3 is 21.3 Å². The summed E-state index contributed by atoms with van der Waals surface area (Å²) in [7, 11) is 0. The molecule has 0 fully saturated rings. The van der Waals surface area contributed by atoms with E-state index >= 15 is 0 Å². The van der Waals surface area contributed by atoms with Crippen molar-refractivity contribution in [2.45, 2.75) is 19.0 Å². The number of anilines is 1. The summed E-state index contributed by atoms with van der Waals surface area (Å²) in [5, 5.41) is 23.0. The number of hydrogen-bond donors (Lipinski definition) is 4. The molecule has 18 heavy (non-hydrogen) atoms. The van der Waals surface area contributed by atoms with E-state index in [1.807, 2.05) is 0 Å². The van der Waals surface area contributed by atoms with E-state index in [1.165, 1.54) is 12.4 Å². The fourth-order valence-electron chi connectivity index (χ4n) is 1.17. The largest absolute Gasteiger partial charge is 0.481 e. The Morgan fingerprint density at radius 2 is 2.06 bits per heavy atom. The van der Waals surface area contributed by atoms with Gasteiger partial charge >= 0.3 is 11.9 Å². The molecule has 5 N–H and O–H groups in total. The number of carboxylic acids is 2. The first-order valence-corrected chi connectivity index (χ1v) is 4.91. The van der Waals surface area contributed by atoms with E-state index in [4.69, 9.17) is 15.9 Å². The van der Waals surface area contributed by atoms with Gasteiger partial charge in [-0.1, -0.05) is 0 Å². The summed E-state index contributed by atoms with van der Waals surface area (Å²) in [6.07, 6.45) is 2.06. The van der Waals surface area contributed by atoms with Crippen LogP contribution in [0.4, 0.5) is 5.69 Å². The third kappa shape index (κ3) is 4.22. The van der Waals surface area contributed by atoms with Crippen molar-refractivity contribution in [3.63, 3.8) is 0 Å². The smallest absolute Gasteiger partial charge is 0.325 e. The summed E-state index contributed by atoms with van der Waals surface area (Å²) in [5.74, 6) is -2.93. The molecule has 0 saturated carbocycles. The van der Waals surface area contributed by atoms with Crippen LogP contribution >= 0.6 is 0 Å². The minimum atomic E-state index is -1.18. The number of hydrogen-bond acceptors (Lipinski definition) is 5. The third-order valence-electron chi connectivity index (χ3n) is 1.93. The van der Waals surface area contributed by atoms with E-state index in [2.05, 4.69) is 10.4 Å². The zero-order valence-corrected chi connectivity index (χ0v) is 9.24. The average molecular weight is 256 g/mol. The number of nitrogens with zero attached hydrogens (tertiary/aromatic N) is 2. The Balaban J connectivity index is 2.56. The van der Waals surface area contributed by atoms with Crippen LogP contribution in [0.25, 0.3) is 0 Å². The highest BCUT2D eigenvalue weighted by atomic mass is 16.4. The van der Waals surface area contributed by atoms with Crippen molar-refractivity contribution in [1.82, 2.24) is 9.78 Å². The van der Waals surface area contributed by atoms with E-state index < -0.39 is 30.3 Å². The van der Waals surface area contributed by atoms with E-state index in [0.29, 0.717) is 0 Å². The van der Waals surface area contributed by atoms with Gasteiger partial charge in [0.25, 0.3) is 0 Å². The van der Waals surface area contributed by atoms with Crippen molar-refractivity contribution in [3.05, 3.63) is 12.4 Å². The lowest BCUT2D eigenvalue weighted by Crippen LogP contribution is -2.37. The molecule has 1 heterocycles. The molecule has 1 rings (SSSR count). The lowest BCUT2D eigenvalue weighted by Gasteiger charge is -2.07. The normalized spacial score (nSPS) is 11.8. The maximum absolute atomic E-state index is 11.4. The van der Waals surface area contributed by atoms with Crippen LogP contribution in [0.2, 0.25) is 0 Å². The molecular formula is C9H12N4O5. The summed E-state index contributed by atoms with van der Waals surface area (Å²) in [6.45, 7) is -0.336. The van der Waals surface area contributed by atoms with Gasteiger partial charge in [0.15, 0.2) is 0 Å². The molecule has 0 bridgehead atoms. The van der Waals surface area contributed by atoms with Gasteiger partial charge in [-0.3, -0.25) is 19.1 Å². The fraction of sp³-hybridized carbons (Fsp3) is 0.333. The molecule has 0 saturated heterocycles. The van der Waals surface area contributed by atoms with E-state index in [0.717, 1.165) is 4.68 Å². The molecule has 1 aromatic rings. The molecule has 0 aliphatic rings. The van der Waals surface area contributed by atoms with Crippen LogP contribution in [-0.2, 0) is 20.9 Å². The predicted octanol–water partition coefficient (Wildman–Crippen LogP) is -1.29. The highest BCUT2D eigenvalue weighted by Gasteiger charge is 2.17. The van der Waals surface area contributed by atoms with Gasteiger partial charge in [-0.25, -0.2) is 0 Å². The standard InChI is InChI=1S/C9H12N4O5/c10-6(1-7(14)15)9(18)12-5-2-11-13(3-5)4-8(16)17/h2-3,6H,1,4,10H2,(H,12,18)(H,14,15)(H,16,17). The first-order valence-electron chi connectivity index (χ1n) is 4.91. The van der Waals surface area contributed by atoms with Crippen LogP contribution in [0.5, 0.6) is 0 Å². The maximum Gasteiger partial charge on any atom is 0.325 e. The van der Waals surface area contributed by atoms with Crippen LogP contribution in [-0.4, -0.2) is 43.9 Å². The highest BCUT2D eigenvalue weighted by Crippen LogP contribution is 2.05. The first-order chi connectivity index (χ1) is 8.38. The number of amides is 1. The second-order valence-electron chi connectivity index (χ2n) is 3.51. The Morgan fingerprint density at radius 1 is 1.39 bits per heavy atom. The summed E-state index contributed by atoms with van der Waals surface area (Å²) in [4.78, 5) is 32.2. The summed E-state index contributed by atoms with van der Waals surface area (Å²) in [6, 6.07) is -1.18. The molecule has 1 atom stereocenters. The number of carbonyl (C=O) groups is 3. The van der Waals surface area contributed by atoms with Gasteiger partial charge in [0, 0.05) is 6.20 Å². The zero-order chi connectivity index (χ0) is 13.7. The van der Waals surface area contributed by atoms with Crippen molar-refractivity contribution in [2.24, 2.45) is 5.73 Å². The molecule has 1 unspecified atom stereocenters. The van der Waals surface area contributed by atoms with Gasteiger partial charge in [0.1, 0.15) is 6.54 Å². The second-order valence-corrected chi connectivity index (χ2v) is 3.51. The van der Waals surface area contributed by atoms with Gasteiger partial charge in [0.2, 0.25) is 5.91 Å². The van der Waals surface area contributed by atoms with Crippen molar-refractivity contribution in [2.75, 3.05) is 5.32 Å². The molecule has 0 spiro atoms. The molecule has 9 nitrogen and oxygen atoms in total. The van der Waals surface area contributed by atoms with Crippen molar-refractivity contribution < 1.29 is 24.6 Å². The average Bonchev–Trinajstić information content (AvgIpc) is 2.63. The van der Waals surface area contributed by atoms with Crippen molar-refractivity contribution >= 4 is 23.5 Å². The van der Waals surface area contributed by atoms with Crippen LogP contribution < -0.4 is 11.1 Å². The summed E-state index contributed by atoms with van der Waals surface area (Å²) in [5.41, 5.74) is 5.59. The van der Waals surface area contributed by atoms with Crippen LogP contribution in [0.1, 0.15) is 6.42 Å². The quantitative estimate of drug-likeness (QED) is 0.494. The number of carbonyl (C=O) groups excluding carboxylic acids is 1. The molecule has 1 aromatic heterocycles. The van der Waals surface area contributed by atoms with E-state index in [-0.39, 0.29) is 12.2 Å². The van der Waals surface area contributed by atoms with Crippen molar-refractivity contribution in [3.8, 4) is 0 Å². The lowest BCUT2D eigenvalue weighted by molar-refractivity contribution is -0.139. The minimum absolute atomic E-state index is 0.252. The zero-order valence-electron chi connectivity index (χ0n) is 9.24. The summed E-state index contributed by atoms with van der Waals surface area (Å²) < 4.78 is 1.11. The SMILES string of the molecule is NC(CC(=O)O)C(=O)Nc1cnn(CC(=O)O)c1.